The lowest BCUT2D eigenvalue weighted by atomic mass is 10.2. The summed E-state index contributed by atoms with van der Waals surface area (Å²) in [6.07, 6.45) is 0. The molecule has 0 unspecified atom stereocenters. The van der Waals surface area contributed by atoms with E-state index < -0.39 is 0 Å². The lowest BCUT2D eigenvalue weighted by Crippen LogP contribution is -2.44. The van der Waals surface area contributed by atoms with E-state index >= 15 is 0 Å². The summed E-state index contributed by atoms with van der Waals surface area (Å²) in [5.74, 6) is 0.988. The molecule has 0 saturated carbocycles. The summed E-state index contributed by atoms with van der Waals surface area (Å²) in [5.41, 5.74) is 2.44. The first kappa shape index (κ1) is 9.78. The Bertz CT molecular complexity index is 375. The molecule has 3 rings (SSSR count). The minimum Gasteiger partial charge on any atom is -0.490 e. The minimum absolute atomic E-state index is 0.762. The summed E-state index contributed by atoms with van der Waals surface area (Å²) in [6, 6.07) is 6.28. The van der Waals surface area contributed by atoms with Crippen molar-refractivity contribution in [3.05, 3.63) is 18.2 Å². The van der Waals surface area contributed by atoms with E-state index in [0.29, 0.717) is 0 Å². The molecule has 1 saturated heterocycles. The van der Waals surface area contributed by atoms with Crippen LogP contribution in [0.15, 0.2) is 18.2 Å². The SMILES string of the molecule is c1cc2c(c(N3CCNCC3)c1)NCCO2. The third-order valence-electron chi connectivity index (χ3n) is 3.12. The second kappa shape index (κ2) is 4.22. The van der Waals surface area contributed by atoms with Gasteiger partial charge in [-0.25, -0.2) is 0 Å². The maximum absolute atomic E-state index is 5.65. The van der Waals surface area contributed by atoms with Gasteiger partial charge in [-0.1, -0.05) is 6.07 Å². The molecule has 0 radical (unpaired) electrons. The van der Waals surface area contributed by atoms with E-state index in [4.69, 9.17) is 4.74 Å². The monoisotopic (exact) mass is 219 g/mol. The zero-order valence-electron chi connectivity index (χ0n) is 9.33. The van der Waals surface area contributed by atoms with Gasteiger partial charge in [0.15, 0.2) is 0 Å². The molecule has 0 atom stereocenters. The molecule has 0 spiro atoms. The van der Waals surface area contributed by atoms with Gasteiger partial charge in [0.05, 0.1) is 5.69 Å². The molecule has 0 bridgehead atoms. The summed E-state index contributed by atoms with van der Waals surface area (Å²) in [4.78, 5) is 2.41. The number of benzene rings is 1. The molecule has 2 aliphatic heterocycles. The highest BCUT2D eigenvalue weighted by Gasteiger charge is 2.18. The highest BCUT2D eigenvalue weighted by Crippen LogP contribution is 2.36. The second-order valence-electron chi connectivity index (χ2n) is 4.16. The van der Waals surface area contributed by atoms with E-state index in [1.54, 1.807) is 0 Å². The van der Waals surface area contributed by atoms with Crippen molar-refractivity contribution in [3.8, 4) is 5.75 Å². The maximum Gasteiger partial charge on any atom is 0.144 e. The van der Waals surface area contributed by atoms with Crippen LogP contribution in [0.1, 0.15) is 0 Å². The van der Waals surface area contributed by atoms with Crippen molar-refractivity contribution < 1.29 is 4.74 Å². The number of ether oxygens (including phenoxy) is 1. The van der Waals surface area contributed by atoms with Crippen LogP contribution in [0.3, 0.4) is 0 Å². The quantitative estimate of drug-likeness (QED) is 0.736. The molecule has 1 fully saturated rings. The van der Waals surface area contributed by atoms with Gasteiger partial charge in [-0.15, -0.1) is 0 Å². The Morgan fingerprint density at radius 2 is 2.00 bits per heavy atom. The molecular formula is C12H17N3O. The Morgan fingerprint density at radius 1 is 1.12 bits per heavy atom. The van der Waals surface area contributed by atoms with E-state index in [1.807, 2.05) is 6.07 Å². The van der Waals surface area contributed by atoms with Gasteiger partial charge >= 0.3 is 0 Å². The molecule has 4 nitrogen and oxygen atoms in total. The average Bonchev–Trinajstić information content (AvgIpc) is 2.39. The maximum atomic E-state index is 5.65. The number of anilines is 2. The zero-order chi connectivity index (χ0) is 10.8. The molecule has 16 heavy (non-hydrogen) atoms. The molecular weight excluding hydrogens is 202 g/mol. The largest absolute Gasteiger partial charge is 0.490 e. The number of para-hydroxylation sites is 1. The molecule has 86 valence electrons. The Morgan fingerprint density at radius 3 is 2.88 bits per heavy atom. The second-order valence-corrected chi connectivity index (χ2v) is 4.16. The molecule has 4 heteroatoms. The first-order chi connectivity index (χ1) is 7.95. The lowest BCUT2D eigenvalue weighted by Gasteiger charge is -2.33. The van der Waals surface area contributed by atoms with Crippen LogP contribution >= 0.6 is 0 Å². The molecule has 1 aromatic carbocycles. The summed E-state index contributed by atoms with van der Waals surface area (Å²) in [6.45, 7) is 5.92. The fraction of sp³-hybridized carbons (Fsp3) is 0.500. The Hall–Kier alpha value is -1.42. The lowest BCUT2D eigenvalue weighted by molar-refractivity contribution is 0.323. The van der Waals surface area contributed by atoms with Gasteiger partial charge in [0.2, 0.25) is 0 Å². The number of hydrogen-bond donors (Lipinski definition) is 2. The number of piperazine rings is 1. The highest BCUT2D eigenvalue weighted by molar-refractivity contribution is 5.77. The molecule has 0 amide bonds. The first-order valence-electron chi connectivity index (χ1n) is 5.90. The van der Waals surface area contributed by atoms with E-state index in [1.165, 1.54) is 5.69 Å². The predicted molar refractivity (Wildman–Crippen MR) is 65.5 cm³/mol. The van der Waals surface area contributed by atoms with Gasteiger partial charge in [0.25, 0.3) is 0 Å². The van der Waals surface area contributed by atoms with Gasteiger partial charge in [0, 0.05) is 32.7 Å². The van der Waals surface area contributed by atoms with Gasteiger partial charge in [0.1, 0.15) is 18.0 Å². The Balaban J connectivity index is 1.93. The van der Waals surface area contributed by atoms with Crippen LogP contribution in [-0.2, 0) is 0 Å². The van der Waals surface area contributed by atoms with Crippen LogP contribution < -0.4 is 20.3 Å². The van der Waals surface area contributed by atoms with Crippen molar-refractivity contribution in [2.24, 2.45) is 0 Å². The molecule has 0 aliphatic carbocycles. The van der Waals surface area contributed by atoms with Crippen molar-refractivity contribution >= 4 is 11.4 Å². The van der Waals surface area contributed by atoms with Crippen LogP contribution in [0.4, 0.5) is 11.4 Å². The molecule has 0 aromatic heterocycles. The van der Waals surface area contributed by atoms with Crippen molar-refractivity contribution in [1.29, 1.82) is 0 Å². The van der Waals surface area contributed by atoms with E-state index in [2.05, 4.69) is 27.7 Å². The van der Waals surface area contributed by atoms with Gasteiger partial charge < -0.3 is 20.3 Å². The van der Waals surface area contributed by atoms with Gasteiger partial charge in [-0.3, -0.25) is 0 Å². The number of nitrogens with one attached hydrogen (secondary N) is 2. The topological polar surface area (TPSA) is 36.5 Å². The Kier molecular flexibility index (Phi) is 2.58. The van der Waals surface area contributed by atoms with Crippen molar-refractivity contribution in [2.45, 2.75) is 0 Å². The van der Waals surface area contributed by atoms with E-state index in [0.717, 1.165) is 50.8 Å². The van der Waals surface area contributed by atoms with Crippen molar-refractivity contribution in [3.63, 3.8) is 0 Å². The summed E-state index contributed by atoms with van der Waals surface area (Å²) < 4.78 is 5.65. The number of fused-ring (bicyclic) bond motifs is 1. The highest BCUT2D eigenvalue weighted by atomic mass is 16.5. The summed E-state index contributed by atoms with van der Waals surface area (Å²) in [5, 5.41) is 6.81. The van der Waals surface area contributed by atoms with Crippen molar-refractivity contribution in [1.82, 2.24) is 5.32 Å². The van der Waals surface area contributed by atoms with Crippen molar-refractivity contribution in [2.75, 3.05) is 49.5 Å². The summed E-state index contributed by atoms with van der Waals surface area (Å²) in [7, 11) is 0. The molecule has 2 N–H and O–H groups in total. The smallest absolute Gasteiger partial charge is 0.144 e. The van der Waals surface area contributed by atoms with Crippen LogP contribution in [0.25, 0.3) is 0 Å². The van der Waals surface area contributed by atoms with E-state index in [9.17, 15) is 0 Å². The fourth-order valence-corrected chi connectivity index (χ4v) is 2.32. The molecule has 2 heterocycles. The molecule has 2 aliphatic rings. The van der Waals surface area contributed by atoms with Gasteiger partial charge in [-0.2, -0.15) is 0 Å². The average molecular weight is 219 g/mol. The van der Waals surface area contributed by atoms with Crippen LogP contribution in [0.2, 0.25) is 0 Å². The van der Waals surface area contributed by atoms with E-state index in [-0.39, 0.29) is 0 Å². The van der Waals surface area contributed by atoms with Crippen LogP contribution in [0.5, 0.6) is 5.75 Å². The number of rotatable bonds is 1. The summed E-state index contributed by atoms with van der Waals surface area (Å²) >= 11 is 0. The minimum atomic E-state index is 0.762. The Labute approximate surface area is 95.6 Å². The van der Waals surface area contributed by atoms with Crippen LogP contribution in [0, 0.1) is 0 Å². The third-order valence-corrected chi connectivity index (χ3v) is 3.12. The third kappa shape index (κ3) is 1.69. The number of hydrogen-bond acceptors (Lipinski definition) is 4. The fourth-order valence-electron chi connectivity index (χ4n) is 2.32. The number of nitrogens with zero attached hydrogens (tertiary/aromatic N) is 1. The predicted octanol–water partition coefficient (Wildman–Crippen LogP) is 0.900. The first-order valence-corrected chi connectivity index (χ1v) is 5.90. The van der Waals surface area contributed by atoms with Gasteiger partial charge in [-0.05, 0) is 12.1 Å². The normalized spacial score (nSPS) is 19.6. The van der Waals surface area contributed by atoms with Crippen LogP contribution in [-0.4, -0.2) is 39.3 Å². The zero-order valence-corrected chi connectivity index (χ0v) is 9.33. The molecule has 1 aromatic rings. The standard InChI is InChI=1S/C12H17N3O/c1-2-10(15-7-4-13-5-8-15)12-11(3-1)16-9-6-14-12/h1-3,13-14H,4-9H2.